The van der Waals surface area contributed by atoms with Gasteiger partial charge in [0.2, 0.25) is 0 Å². The van der Waals surface area contributed by atoms with E-state index in [0.717, 1.165) is 25.7 Å². The summed E-state index contributed by atoms with van der Waals surface area (Å²) in [7, 11) is 0. The summed E-state index contributed by atoms with van der Waals surface area (Å²) in [5, 5.41) is 10.3. The van der Waals surface area contributed by atoms with E-state index in [4.69, 9.17) is 11.6 Å². The van der Waals surface area contributed by atoms with E-state index in [0.29, 0.717) is 5.56 Å². The molecule has 0 aliphatic carbocycles. The molecule has 0 radical (unpaired) electrons. The Balaban J connectivity index is 2.78. The van der Waals surface area contributed by atoms with E-state index in [-0.39, 0.29) is 10.9 Å². The fraction of sp³-hybridized carbons (Fsp3) is 0.571. The normalized spacial score (nSPS) is 14.6. The number of unbranched alkanes of at least 4 members (excludes halogenated alkanes) is 1. The van der Waals surface area contributed by atoms with Gasteiger partial charge in [0.1, 0.15) is 5.82 Å². The third-order valence-corrected chi connectivity index (χ3v) is 3.47. The van der Waals surface area contributed by atoms with Crippen molar-refractivity contribution in [3.05, 3.63) is 34.6 Å². The van der Waals surface area contributed by atoms with Gasteiger partial charge in [0.05, 0.1) is 11.1 Å². The lowest BCUT2D eigenvalue weighted by Gasteiger charge is -2.22. The summed E-state index contributed by atoms with van der Waals surface area (Å²) < 4.78 is 13.0. The van der Waals surface area contributed by atoms with Crippen molar-refractivity contribution >= 4 is 11.6 Å². The van der Waals surface area contributed by atoms with Gasteiger partial charge in [-0.15, -0.1) is 0 Å². The minimum Gasteiger partial charge on any atom is -0.388 e. The molecule has 0 bridgehead atoms. The van der Waals surface area contributed by atoms with E-state index in [1.807, 2.05) is 0 Å². The van der Waals surface area contributed by atoms with Crippen LogP contribution in [0.3, 0.4) is 0 Å². The molecule has 1 aromatic carbocycles. The second-order valence-corrected chi connectivity index (χ2v) is 4.84. The summed E-state index contributed by atoms with van der Waals surface area (Å²) in [6, 6.07) is 4.45. The molecular weight excluding hydrogens is 239 g/mol. The lowest BCUT2D eigenvalue weighted by molar-refractivity contribution is 0.0989. The first kappa shape index (κ1) is 14.5. The van der Waals surface area contributed by atoms with Crippen LogP contribution in [0.15, 0.2) is 18.2 Å². The molecule has 0 amide bonds. The summed E-state index contributed by atoms with van der Waals surface area (Å²) in [5.41, 5.74) is 0.708. The van der Waals surface area contributed by atoms with E-state index in [2.05, 4.69) is 13.8 Å². The molecule has 0 fully saturated rings. The molecule has 0 spiro atoms. The Hall–Kier alpha value is -0.600. The fourth-order valence-corrected chi connectivity index (χ4v) is 2.21. The highest BCUT2D eigenvalue weighted by atomic mass is 35.5. The molecule has 0 saturated heterocycles. The molecule has 0 aliphatic heterocycles. The molecule has 0 aromatic heterocycles. The number of hydrogen-bond donors (Lipinski definition) is 1. The van der Waals surface area contributed by atoms with Gasteiger partial charge in [-0.25, -0.2) is 4.39 Å². The van der Waals surface area contributed by atoms with Crippen molar-refractivity contribution in [3.63, 3.8) is 0 Å². The Labute approximate surface area is 108 Å². The van der Waals surface area contributed by atoms with Crippen molar-refractivity contribution < 1.29 is 9.50 Å². The molecule has 3 heteroatoms. The monoisotopic (exact) mass is 258 g/mol. The van der Waals surface area contributed by atoms with E-state index in [1.165, 1.54) is 12.1 Å². The summed E-state index contributed by atoms with van der Waals surface area (Å²) in [4.78, 5) is 0. The summed E-state index contributed by atoms with van der Waals surface area (Å²) in [5.74, 6) is -0.222. The maximum Gasteiger partial charge on any atom is 0.141 e. The maximum absolute atomic E-state index is 13.0. The highest BCUT2D eigenvalue weighted by Crippen LogP contribution is 2.30. The van der Waals surface area contributed by atoms with Crippen molar-refractivity contribution in [3.8, 4) is 0 Å². The zero-order valence-corrected chi connectivity index (χ0v) is 11.2. The minimum absolute atomic E-state index is 0.0758. The Bertz CT molecular complexity index is 354. The highest BCUT2D eigenvalue weighted by Gasteiger charge is 2.19. The van der Waals surface area contributed by atoms with E-state index >= 15 is 0 Å². The second-order valence-electron chi connectivity index (χ2n) is 4.43. The zero-order valence-electron chi connectivity index (χ0n) is 10.4. The van der Waals surface area contributed by atoms with Gasteiger partial charge in [-0.1, -0.05) is 50.8 Å². The van der Waals surface area contributed by atoms with Crippen LogP contribution in [0.4, 0.5) is 4.39 Å². The van der Waals surface area contributed by atoms with Crippen LogP contribution in [0.1, 0.15) is 51.2 Å². The average Bonchev–Trinajstić information content (AvgIpc) is 2.33. The van der Waals surface area contributed by atoms with Crippen LogP contribution in [0.2, 0.25) is 5.02 Å². The van der Waals surface area contributed by atoms with Crippen LogP contribution in [0.5, 0.6) is 0 Å². The summed E-state index contributed by atoms with van der Waals surface area (Å²) in [6.07, 6.45) is 3.57. The van der Waals surface area contributed by atoms with Crippen molar-refractivity contribution in [1.29, 1.82) is 0 Å². The lowest BCUT2D eigenvalue weighted by Crippen LogP contribution is -2.12. The van der Waals surface area contributed by atoms with Crippen molar-refractivity contribution in [2.75, 3.05) is 0 Å². The van der Waals surface area contributed by atoms with E-state index in [1.54, 1.807) is 6.07 Å². The third-order valence-electron chi connectivity index (χ3n) is 3.18. The third kappa shape index (κ3) is 3.97. The van der Waals surface area contributed by atoms with Crippen LogP contribution in [0.25, 0.3) is 0 Å². The first-order valence-corrected chi connectivity index (χ1v) is 6.60. The van der Waals surface area contributed by atoms with Crippen molar-refractivity contribution in [1.82, 2.24) is 0 Å². The molecule has 96 valence electrons. The lowest BCUT2D eigenvalue weighted by atomic mass is 9.89. The largest absolute Gasteiger partial charge is 0.388 e. The minimum atomic E-state index is -0.551. The number of halogens is 2. The molecule has 0 unspecified atom stereocenters. The van der Waals surface area contributed by atoms with Gasteiger partial charge in [0.15, 0.2) is 0 Å². The SMILES string of the molecule is CCCC[C@H](CC)[C@@H](O)c1ccc(F)c(Cl)c1. The standard InChI is InChI=1S/C14H20ClFO/c1-3-5-6-10(4-2)14(17)11-7-8-13(16)12(15)9-11/h7-10,14,17H,3-6H2,1-2H3/t10-,14+/m0/s1. The summed E-state index contributed by atoms with van der Waals surface area (Å²) in [6.45, 7) is 4.20. The van der Waals surface area contributed by atoms with Crippen LogP contribution >= 0.6 is 11.6 Å². The molecule has 1 nitrogen and oxygen atoms in total. The molecule has 0 aliphatic rings. The molecule has 0 saturated carbocycles. The molecule has 0 heterocycles. The topological polar surface area (TPSA) is 20.2 Å². The fourth-order valence-electron chi connectivity index (χ4n) is 2.02. The predicted molar refractivity (Wildman–Crippen MR) is 69.7 cm³/mol. The Morgan fingerprint density at radius 1 is 1.35 bits per heavy atom. The first-order valence-electron chi connectivity index (χ1n) is 6.23. The van der Waals surface area contributed by atoms with Gasteiger partial charge in [0, 0.05) is 0 Å². The molecule has 1 aromatic rings. The Kier molecular flexibility index (Phi) is 5.93. The molecular formula is C14H20ClFO. The molecule has 1 N–H and O–H groups in total. The first-order chi connectivity index (χ1) is 8.10. The van der Waals surface area contributed by atoms with Gasteiger partial charge in [-0.2, -0.15) is 0 Å². The van der Waals surface area contributed by atoms with Crippen molar-refractivity contribution in [2.45, 2.75) is 45.6 Å². The number of rotatable bonds is 6. The van der Waals surface area contributed by atoms with Gasteiger partial charge in [0.25, 0.3) is 0 Å². The number of aliphatic hydroxyl groups is 1. The van der Waals surface area contributed by atoms with E-state index in [9.17, 15) is 9.50 Å². The maximum atomic E-state index is 13.0. The van der Waals surface area contributed by atoms with Gasteiger partial charge in [-0.05, 0) is 30.0 Å². The molecule has 17 heavy (non-hydrogen) atoms. The predicted octanol–water partition coefficient (Wildman–Crippen LogP) is 4.73. The Morgan fingerprint density at radius 2 is 2.06 bits per heavy atom. The number of benzene rings is 1. The zero-order chi connectivity index (χ0) is 12.8. The van der Waals surface area contributed by atoms with E-state index < -0.39 is 11.9 Å². The van der Waals surface area contributed by atoms with Gasteiger partial charge in [-0.3, -0.25) is 0 Å². The number of aliphatic hydroxyl groups excluding tert-OH is 1. The Morgan fingerprint density at radius 3 is 2.59 bits per heavy atom. The van der Waals surface area contributed by atoms with Crippen LogP contribution in [-0.4, -0.2) is 5.11 Å². The quantitative estimate of drug-likeness (QED) is 0.782. The second kappa shape index (κ2) is 6.97. The molecule has 1 rings (SSSR count). The van der Waals surface area contributed by atoms with Crippen LogP contribution in [-0.2, 0) is 0 Å². The number of hydrogen-bond acceptors (Lipinski definition) is 1. The van der Waals surface area contributed by atoms with Gasteiger partial charge < -0.3 is 5.11 Å². The summed E-state index contributed by atoms with van der Waals surface area (Å²) >= 11 is 5.72. The van der Waals surface area contributed by atoms with Gasteiger partial charge >= 0.3 is 0 Å². The van der Waals surface area contributed by atoms with Crippen LogP contribution in [0, 0.1) is 11.7 Å². The smallest absolute Gasteiger partial charge is 0.141 e. The highest BCUT2D eigenvalue weighted by molar-refractivity contribution is 6.30. The van der Waals surface area contributed by atoms with Crippen molar-refractivity contribution in [2.24, 2.45) is 5.92 Å². The average molecular weight is 259 g/mol. The molecule has 2 atom stereocenters. The van der Waals surface area contributed by atoms with Crippen LogP contribution < -0.4 is 0 Å².